The summed E-state index contributed by atoms with van der Waals surface area (Å²) in [5.74, 6) is 1.75. The van der Waals surface area contributed by atoms with Crippen LogP contribution in [0.3, 0.4) is 0 Å². The molecular weight excluding hydrogens is 284 g/mol. The molecule has 3 rings (SSSR count). The van der Waals surface area contributed by atoms with Crippen molar-refractivity contribution in [2.45, 2.75) is 26.7 Å². The van der Waals surface area contributed by atoms with Gasteiger partial charge in [-0.1, -0.05) is 6.07 Å². The van der Waals surface area contributed by atoms with Crippen molar-refractivity contribution in [3.05, 3.63) is 34.9 Å². The van der Waals surface area contributed by atoms with Crippen LogP contribution >= 0.6 is 12.4 Å². The van der Waals surface area contributed by atoms with Gasteiger partial charge in [0.05, 0.1) is 0 Å². The number of rotatable bonds is 1. The molecule has 0 radical (unpaired) electrons. The van der Waals surface area contributed by atoms with Crippen molar-refractivity contribution < 1.29 is 4.79 Å². The number of aryl methyl sites for hydroxylation is 2. The fourth-order valence-corrected chi connectivity index (χ4v) is 3.48. The molecule has 21 heavy (non-hydrogen) atoms. The van der Waals surface area contributed by atoms with Gasteiger partial charge in [-0.05, 0) is 74.9 Å². The van der Waals surface area contributed by atoms with Gasteiger partial charge < -0.3 is 10.2 Å². The first-order chi connectivity index (χ1) is 9.65. The maximum Gasteiger partial charge on any atom is 0.253 e. The topological polar surface area (TPSA) is 32.3 Å². The van der Waals surface area contributed by atoms with Gasteiger partial charge in [-0.2, -0.15) is 0 Å². The molecule has 2 heterocycles. The Labute approximate surface area is 133 Å². The molecule has 0 aromatic heterocycles. The van der Waals surface area contributed by atoms with Crippen LogP contribution < -0.4 is 5.32 Å². The highest BCUT2D eigenvalue weighted by Gasteiger charge is 2.31. The second kappa shape index (κ2) is 6.80. The number of carbonyl (C=O) groups excluding carboxylic acids is 1. The molecule has 1 amide bonds. The van der Waals surface area contributed by atoms with Crippen molar-refractivity contribution in [1.29, 1.82) is 0 Å². The fraction of sp³-hybridized carbons (Fsp3) is 0.588. The van der Waals surface area contributed by atoms with Gasteiger partial charge in [0.2, 0.25) is 0 Å². The number of amides is 1. The lowest BCUT2D eigenvalue weighted by atomic mass is 9.92. The van der Waals surface area contributed by atoms with E-state index < -0.39 is 0 Å². The zero-order chi connectivity index (χ0) is 14.1. The monoisotopic (exact) mass is 308 g/mol. The summed E-state index contributed by atoms with van der Waals surface area (Å²) in [4.78, 5) is 14.7. The highest BCUT2D eigenvalue weighted by atomic mass is 35.5. The van der Waals surface area contributed by atoms with Gasteiger partial charge in [0.25, 0.3) is 5.91 Å². The summed E-state index contributed by atoms with van der Waals surface area (Å²) in [5.41, 5.74) is 3.29. The van der Waals surface area contributed by atoms with Gasteiger partial charge in [0, 0.05) is 18.7 Å². The Kier molecular flexibility index (Phi) is 5.28. The number of carbonyl (C=O) groups is 1. The van der Waals surface area contributed by atoms with Crippen LogP contribution in [0.15, 0.2) is 18.2 Å². The average molecular weight is 309 g/mol. The minimum absolute atomic E-state index is 0. The summed E-state index contributed by atoms with van der Waals surface area (Å²) in [6.07, 6.45) is 2.29. The number of halogens is 1. The molecule has 1 N–H and O–H groups in total. The number of fused-ring (bicyclic) bond motifs is 1. The van der Waals surface area contributed by atoms with Crippen LogP contribution in [0, 0.1) is 25.7 Å². The number of nitrogens with one attached hydrogen (secondary N) is 1. The minimum Gasteiger partial charge on any atom is -0.339 e. The van der Waals surface area contributed by atoms with E-state index in [-0.39, 0.29) is 18.3 Å². The first-order valence-corrected chi connectivity index (χ1v) is 7.72. The maximum atomic E-state index is 12.6. The zero-order valence-corrected chi connectivity index (χ0v) is 13.7. The highest BCUT2D eigenvalue weighted by Crippen LogP contribution is 2.27. The van der Waals surface area contributed by atoms with E-state index in [1.54, 1.807) is 0 Å². The maximum absolute atomic E-state index is 12.6. The lowest BCUT2D eigenvalue weighted by molar-refractivity contribution is 0.0758. The van der Waals surface area contributed by atoms with Gasteiger partial charge in [0.1, 0.15) is 0 Å². The highest BCUT2D eigenvalue weighted by molar-refractivity contribution is 5.94. The van der Waals surface area contributed by atoms with E-state index in [9.17, 15) is 4.79 Å². The Morgan fingerprint density at radius 2 is 1.71 bits per heavy atom. The van der Waals surface area contributed by atoms with Crippen LogP contribution in [0.2, 0.25) is 0 Å². The summed E-state index contributed by atoms with van der Waals surface area (Å²) in [5, 5.41) is 3.48. The lowest BCUT2D eigenvalue weighted by Crippen LogP contribution is -2.32. The van der Waals surface area contributed by atoms with Crippen LogP contribution in [0.1, 0.15) is 34.3 Å². The molecule has 2 atom stereocenters. The van der Waals surface area contributed by atoms with Crippen molar-refractivity contribution >= 4 is 18.3 Å². The van der Waals surface area contributed by atoms with Crippen molar-refractivity contribution in [2.75, 3.05) is 26.2 Å². The second-order valence-electron chi connectivity index (χ2n) is 6.35. The largest absolute Gasteiger partial charge is 0.339 e. The van der Waals surface area contributed by atoms with E-state index in [4.69, 9.17) is 0 Å². The van der Waals surface area contributed by atoms with Crippen LogP contribution in [0.4, 0.5) is 0 Å². The molecule has 3 nitrogen and oxygen atoms in total. The van der Waals surface area contributed by atoms with Crippen molar-refractivity contribution in [1.82, 2.24) is 10.2 Å². The average Bonchev–Trinajstić information content (AvgIpc) is 2.80. The van der Waals surface area contributed by atoms with E-state index in [1.807, 2.05) is 12.1 Å². The predicted octanol–water partition coefficient (Wildman–Crippen LogP) is 2.80. The smallest absolute Gasteiger partial charge is 0.253 e. The molecule has 2 aliphatic heterocycles. The number of hydrogen-bond acceptors (Lipinski definition) is 2. The minimum atomic E-state index is 0. The predicted molar refractivity (Wildman–Crippen MR) is 88.2 cm³/mol. The Morgan fingerprint density at radius 3 is 2.29 bits per heavy atom. The molecule has 4 heteroatoms. The number of likely N-dealkylation sites (tertiary alicyclic amines) is 1. The van der Waals surface area contributed by atoms with Crippen molar-refractivity contribution in [3.63, 3.8) is 0 Å². The molecular formula is C17H25ClN2O. The Bertz CT molecular complexity index is 504. The zero-order valence-electron chi connectivity index (χ0n) is 12.9. The first-order valence-electron chi connectivity index (χ1n) is 7.72. The van der Waals surface area contributed by atoms with Gasteiger partial charge >= 0.3 is 0 Å². The summed E-state index contributed by atoms with van der Waals surface area (Å²) in [7, 11) is 0. The molecule has 0 saturated carbocycles. The molecule has 0 spiro atoms. The molecule has 1 aromatic carbocycles. The molecule has 2 fully saturated rings. The van der Waals surface area contributed by atoms with E-state index in [0.717, 1.165) is 56.4 Å². The Hall–Kier alpha value is -1.06. The number of benzene rings is 1. The van der Waals surface area contributed by atoms with E-state index in [2.05, 4.69) is 30.1 Å². The standard InChI is InChI=1S/C17H24N2O.ClH/c1-12-3-4-14(9-13(12)2)17(20)19-7-5-15-10-18-11-16(15)6-8-19;/h3-4,9,15-16,18H,5-8,10-11H2,1-2H3;1H/t15-,16+;. The van der Waals surface area contributed by atoms with E-state index in [1.165, 1.54) is 11.1 Å². The van der Waals surface area contributed by atoms with Gasteiger partial charge in [0.15, 0.2) is 0 Å². The lowest BCUT2D eigenvalue weighted by Gasteiger charge is -2.21. The summed E-state index contributed by atoms with van der Waals surface area (Å²) in [6.45, 7) is 8.25. The second-order valence-corrected chi connectivity index (χ2v) is 6.35. The fourth-order valence-electron chi connectivity index (χ4n) is 3.48. The third kappa shape index (κ3) is 3.41. The number of hydrogen-bond donors (Lipinski definition) is 1. The molecule has 2 saturated heterocycles. The quantitative estimate of drug-likeness (QED) is 0.865. The van der Waals surface area contributed by atoms with Gasteiger partial charge in [-0.3, -0.25) is 4.79 Å². The van der Waals surface area contributed by atoms with E-state index in [0.29, 0.717) is 0 Å². The van der Waals surface area contributed by atoms with Crippen LogP contribution in [-0.2, 0) is 0 Å². The van der Waals surface area contributed by atoms with Crippen molar-refractivity contribution in [3.8, 4) is 0 Å². The van der Waals surface area contributed by atoms with Crippen molar-refractivity contribution in [2.24, 2.45) is 11.8 Å². The number of nitrogens with zero attached hydrogens (tertiary/aromatic N) is 1. The van der Waals surface area contributed by atoms with Gasteiger partial charge in [-0.15, -0.1) is 12.4 Å². The summed E-state index contributed by atoms with van der Waals surface area (Å²) >= 11 is 0. The third-order valence-corrected chi connectivity index (χ3v) is 5.06. The van der Waals surface area contributed by atoms with Crippen LogP contribution in [0.25, 0.3) is 0 Å². The summed E-state index contributed by atoms with van der Waals surface area (Å²) in [6, 6.07) is 6.06. The van der Waals surface area contributed by atoms with Gasteiger partial charge in [-0.25, -0.2) is 0 Å². The Morgan fingerprint density at radius 1 is 1.10 bits per heavy atom. The molecule has 116 valence electrons. The third-order valence-electron chi connectivity index (χ3n) is 5.06. The Balaban J connectivity index is 0.00000161. The molecule has 1 aromatic rings. The van der Waals surface area contributed by atoms with Crippen LogP contribution in [-0.4, -0.2) is 37.0 Å². The SMILES string of the molecule is Cc1ccc(C(=O)N2CC[C@@H]3CNC[C@@H]3CC2)cc1C.Cl. The molecule has 0 bridgehead atoms. The molecule has 0 aliphatic carbocycles. The van der Waals surface area contributed by atoms with Crippen LogP contribution in [0.5, 0.6) is 0 Å². The summed E-state index contributed by atoms with van der Waals surface area (Å²) < 4.78 is 0. The first kappa shape index (κ1) is 16.3. The van der Waals surface area contributed by atoms with E-state index >= 15 is 0 Å². The normalized spacial score (nSPS) is 25.0. The molecule has 0 unspecified atom stereocenters. The molecule has 2 aliphatic rings.